The number of benzene rings is 10. The van der Waals surface area contributed by atoms with Crippen molar-refractivity contribution in [3.05, 3.63) is 231 Å². The van der Waals surface area contributed by atoms with E-state index in [1.54, 1.807) is 0 Å². The fourth-order valence-corrected chi connectivity index (χ4v) is 8.57. The minimum absolute atomic E-state index is 0.882. The molecule has 0 aliphatic carbocycles. The first-order valence-corrected chi connectivity index (χ1v) is 20.1. The highest BCUT2D eigenvalue weighted by molar-refractivity contribution is 6.09. The van der Waals surface area contributed by atoms with Gasteiger partial charge in [-0.3, -0.25) is 0 Å². The van der Waals surface area contributed by atoms with E-state index in [0.29, 0.717) is 0 Å². The smallest absolute Gasteiger partial charge is 0.135 e. The van der Waals surface area contributed by atoms with E-state index in [-0.39, 0.29) is 0 Å². The van der Waals surface area contributed by atoms with Gasteiger partial charge in [0.15, 0.2) is 0 Å². The summed E-state index contributed by atoms with van der Waals surface area (Å²) in [5, 5.41) is 6.98. The van der Waals surface area contributed by atoms with Crippen LogP contribution in [-0.2, 0) is 0 Å². The zero-order chi connectivity index (χ0) is 39.1. The van der Waals surface area contributed by atoms with Gasteiger partial charge in [0.1, 0.15) is 11.2 Å². The number of rotatable bonds is 8. The molecule has 3 nitrogen and oxygen atoms in total. The summed E-state index contributed by atoms with van der Waals surface area (Å²) >= 11 is 0. The summed E-state index contributed by atoms with van der Waals surface area (Å²) in [6.45, 7) is 0. The van der Waals surface area contributed by atoms with Crippen molar-refractivity contribution >= 4 is 77.6 Å². The van der Waals surface area contributed by atoms with E-state index in [4.69, 9.17) is 4.42 Å². The highest BCUT2D eigenvalue weighted by atomic mass is 16.3. The van der Waals surface area contributed by atoms with Gasteiger partial charge in [0.05, 0.1) is 5.69 Å². The number of anilines is 6. The maximum absolute atomic E-state index is 6.26. The van der Waals surface area contributed by atoms with Crippen LogP contribution < -0.4 is 9.80 Å². The van der Waals surface area contributed by atoms with E-state index in [1.807, 2.05) is 12.1 Å². The van der Waals surface area contributed by atoms with Gasteiger partial charge < -0.3 is 14.2 Å². The number of para-hydroxylation sites is 2. The Bertz CT molecular complexity index is 3260. The summed E-state index contributed by atoms with van der Waals surface area (Å²) in [7, 11) is 0. The fraction of sp³-hybridized carbons (Fsp3) is 0. The summed E-state index contributed by atoms with van der Waals surface area (Å²) in [6.07, 6.45) is 0. The van der Waals surface area contributed by atoms with E-state index in [1.165, 1.54) is 38.2 Å². The van der Waals surface area contributed by atoms with Crippen LogP contribution in [0.4, 0.5) is 34.1 Å². The van der Waals surface area contributed by atoms with Crippen LogP contribution in [0.3, 0.4) is 0 Å². The lowest BCUT2D eigenvalue weighted by Gasteiger charge is -2.28. The average Bonchev–Trinajstić information content (AvgIpc) is 3.68. The number of hydrogen-bond donors (Lipinski definition) is 0. The summed E-state index contributed by atoms with van der Waals surface area (Å²) < 4.78 is 6.26. The van der Waals surface area contributed by atoms with Gasteiger partial charge in [0.25, 0.3) is 0 Å². The van der Waals surface area contributed by atoms with Crippen molar-refractivity contribution in [1.29, 1.82) is 0 Å². The highest BCUT2D eigenvalue weighted by Gasteiger charge is 2.20. The molecule has 0 spiro atoms. The van der Waals surface area contributed by atoms with Gasteiger partial charge in [-0.2, -0.15) is 0 Å². The second kappa shape index (κ2) is 14.6. The first kappa shape index (κ1) is 34.4. The lowest BCUT2D eigenvalue weighted by molar-refractivity contribution is 0.669. The van der Waals surface area contributed by atoms with E-state index >= 15 is 0 Å². The Labute approximate surface area is 343 Å². The van der Waals surface area contributed by atoms with Crippen LogP contribution in [0.15, 0.2) is 235 Å². The molecule has 0 bridgehead atoms. The number of nitrogens with zero attached hydrogens (tertiary/aromatic N) is 2. The molecule has 1 heterocycles. The summed E-state index contributed by atoms with van der Waals surface area (Å²) in [5.74, 6) is 0. The zero-order valence-electron chi connectivity index (χ0n) is 32.2. The van der Waals surface area contributed by atoms with E-state index in [2.05, 4.69) is 228 Å². The normalized spacial score (nSPS) is 11.4. The summed E-state index contributed by atoms with van der Waals surface area (Å²) in [6, 6.07) is 82.4. The molecule has 3 heteroatoms. The number of hydrogen-bond acceptors (Lipinski definition) is 3. The Kier molecular flexibility index (Phi) is 8.49. The Morgan fingerprint density at radius 2 is 0.797 bits per heavy atom. The molecule has 1 aromatic heterocycles. The Balaban J connectivity index is 1.02. The van der Waals surface area contributed by atoms with Crippen molar-refractivity contribution in [3.63, 3.8) is 0 Å². The fourth-order valence-electron chi connectivity index (χ4n) is 8.57. The third-order valence-corrected chi connectivity index (χ3v) is 11.4. The number of fused-ring (bicyclic) bond motifs is 5. The van der Waals surface area contributed by atoms with Gasteiger partial charge in [-0.1, -0.05) is 152 Å². The van der Waals surface area contributed by atoms with Gasteiger partial charge in [-0.15, -0.1) is 0 Å². The van der Waals surface area contributed by atoms with E-state index < -0.39 is 0 Å². The van der Waals surface area contributed by atoms with Crippen molar-refractivity contribution in [2.75, 3.05) is 9.80 Å². The quantitative estimate of drug-likeness (QED) is 0.154. The molecule has 0 atom stereocenters. The maximum atomic E-state index is 6.26. The molecule has 59 heavy (non-hydrogen) atoms. The second-order valence-corrected chi connectivity index (χ2v) is 15.0. The largest absolute Gasteiger partial charge is 0.456 e. The van der Waals surface area contributed by atoms with Crippen LogP contribution in [0.25, 0.3) is 65.7 Å². The van der Waals surface area contributed by atoms with Gasteiger partial charge in [-0.05, 0) is 117 Å². The van der Waals surface area contributed by atoms with Crippen LogP contribution >= 0.6 is 0 Å². The Morgan fingerprint density at radius 3 is 1.56 bits per heavy atom. The molecule has 10 aromatic carbocycles. The molecule has 0 aliphatic rings. The average molecular weight is 755 g/mol. The van der Waals surface area contributed by atoms with Crippen LogP contribution in [-0.4, -0.2) is 0 Å². The zero-order valence-corrected chi connectivity index (χ0v) is 32.2. The van der Waals surface area contributed by atoms with Crippen molar-refractivity contribution < 1.29 is 4.42 Å². The van der Waals surface area contributed by atoms with Crippen molar-refractivity contribution in [3.8, 4) is 22.3 Å². The predicted molar refractivity (Wildman–Crippen MR) is 249 cm³/mol. The molecule has 0 radical (unpaired) electrons. The molecular weight excluding hydrogens is 717 g/mol. The topological polar surface area (TPSA) is 19.6 Å². The van der Waals surface area contributed by atoms with Crippen LogP contribution in [0.1, 0.15) is 0 Å². The van der Waals surface area contributed by atoms with Crippen molar-refractivity contribution in [2.45, 2.75) is 0 Å². The van der Waals surface area contributed by atoms with Crippen molar-refractivity contribution in [2.24, 2.45) is 0 Å². The predicted octanol–water partition coefficient (Wildman–Crippen LogP) is 16.2. The van der Waals surface area contributed by atoms with Crippen LogP contribution in [0, 0.1) is 0 Å². The van der Waals surface area contributed by atoms with E-state index in [9.17, 15) is 0 Å². The van der Waals surface area contributed by atoms with Crippen molar-refractivity contribution in [1.82, 2.24) is 0 Å². The van der Waals surface area contributed by atoms with Gasteiger partial charge in [0.2, 0.25) is 0 Å². The molecule has 0 saturated carbocycles. The third-order valence-electron chi connectivity index (χ3n) is 11.4. The van der Waals surface area contributed by atoms with Gasteiger partial charge >= 0.3 is 0 Å². The standard InChI is InChI=1S/C56H38N2O/c1-3-13-39(14-4-1)41-23-28-45(29-24-41)57(44-17-5-2-6-18-44)46-30-26-42(27-31-46)49-34-35-54(51-20-10-9-19-50(49)51)58(47-32-25-40-15-7-8-16-43(40)37-47)48-33-36-56-53(38-48)52-21-11-12-22-55(52)59-56/h1-38H. The lowest BCUT2D eigenvalue weighted by atomic mass is 9.95. The van der Waals surface area contributed by atoms with Crippen LogP contribution in [0.5, 0.6) is 0 Å². The van der Waals surface area contributed by atoms with Crippen LogP contribution in [0.2, 0.25) is 0 Å². The monoisotopic (exact) mass is 754 g/mol. The minimum atomic E-state index is 0.882. The second-order valence-electron chi connectivity index (χ2n) is 15.0. The molecule has 0 saturated heterocycles. The molecule has 0 unspecified atom stereocenters. The lowest BCUT2D eigenvalue weighted by Crippen LogP contribution is -2.10. The molecule has 0 amide bonds. The first-order valence-electron chi connectivity index (χ1n) is 20.1. The maximum Gasteiger partial charge on any atom is 0.135 e. The van der Waals surface area contributed by atoms with E-state index in [0.717, 1.165) is 61.6 Å². The molecule has 11 rings (SSSR count). The first-order chi connectivity index (χ1) is 29.2. The molecule has 0 aliphatic heterocycles. The molecule has 278 valence electrons. The van der Waals surface area contributed by atoms with Gasteiger partial charge in [0, 0.05) is 44.6 Å². The highest BCUT2D eigenvalue weighted by Crippen LogP contribution is 2.45. The minimum Gasteiger partial charge on any atom is -0.456 e. The molecule has 0 fully saturated rings. The number of furan rings is 1. The molecule has 0 N–H and O–H groups in total. The Hall–Kier alpha value is -7.88. The molecule has 11 aromatic rings. The third kappa shape index (κ3) is 6.26. The summed E-state index contributed by atoms with van der Waals surface area (Å²) in [5.41, 5.74) is 13.1. The van der Waals surface area contributed by atoms with Gasteiger partial charge in [-0.25, -0.2) is 0 Å². The SMILES string of the molecule is c1ccc(-c2ccc(N(c3ccccc3)c3ccc(-c4ccc(N(c5ccc6ccccc6c5)c5ccc6oc7ccccc7c6c5)c5ccccc45)cc3)cc2)cc1. The molecular formula is C56H38N2O. The summed E-state index contributed by atoms with van der Waals surface area (Å²) in [4.78, 5) is 4.71. The Morgan fingerprint density at radius 1 is 0.271 bits per heavy atom.